The first-order valence-corrected chi connectivity index (χ1v) is 6.86. The molecular weight excluding hydrogens is 308 g/mol. The van der Waals surface area contributed by atoms with Crippen LogP contribution in [0, 0.1) is 11.3 Å². The predicted molar refractivity (Wildman–Crippen MR) is 82.8 cm³/mol. The van der Waals surface area contributed by atoms with E-state index >= 15 is 0 Å². The molecule has 1 rings (SSSR count). The van der Waals surface area contributed by atoms with Gasteiger partial charge in [-0.1, -0.05) is 11.6 Å². The molecule has 0 aliphatic carbocycles. The molecule has 0 saturated heterocycles. The number of phenols is 1. The number of methoxy groups -OCH3 is 2. The molecule has 2 N–H and O–H groups in total. The third-order valence-electron chi connectivity index (χ3n) is 2.76. The number of hydrogen-bond donors (Lipinski definition) is 2. The molecule has 0 bridgehead atoms. The number of amides is 1. The van der Waals surface area contributed by atoms with Crippen molar-refractivity contribution in [2.45, 2.75) is 6.42 Å². The molecule has 1 aromatic rings. The van der Waals surface area contributed by atoms with Crippen molar-refractivity contribution < 1.29 is 19.4 Å². The van der Waals surface area contributed by atoms with E-state index in [1.165, 1.54) is 25.3 Å². The van der Waals surface area contributed by atoms with Crippen molar-refractivity contribution in [2.75, 3.05) is 27.4 Å². The first-order valence-electron chi connectivity index (χ1n) is 6.49. The number of nitriles is 1. The number of ether oxygens (including phenoxy) is 2. The average Bonchev–Trinajstić information content (AvgIpc) is 2.52. The van der Waals surface area contributed by atoms with Crippen molar-refractivity contribution in [1.29, 1.82) is 5.26 Å². The van der Waals surface area contributed by atoms with Crippen LogP contribution < -0.4 is 10.1 Å². The Labute approximate surface area is 133 Å². The lowest BCUT2D eigenvalue weighted by Crippen LogP contribution is -2.26. The van der Waals surface area contributed by atoms with Crippen LogP contribution in [0.2, 0.25) is 5.02 Å². The summed E-state index contributed by atoms with van der Waals surface area (Å²) in [6, 6.07) is 4.76. The molecule has 0 fully saturated rings. The van der Waals surface area contributed by atoms with Crippen LogP contribution in [0.4, 0.5) is 0 Å². The molecule has 22 heavy (non-hydrogen) atoms. The molecule has 0 spiro atoms. The maximum absolute atomic E-state index is 11.9. The second kappa shape index (κ2) is 8.93. The van der Waals surface area contributed by atoms with Crippen LogP contribution in [-0.4, -0.2) is 38.4 Å². The summed E-state index contributed by atoms with van der Waals surface area (Å²) in [7, 11) is 2.96. The van der Waals surface area contributed by atoms with Gasteiger partial charge in [0.1, 0.15) is 11.6 Å². The van der Waals surface area contributed by atoms with Crippen molar-refractivity contribution >= 4 is 23.6 Å². The second-order valence-electron chi connectivity index (χ2n) is 4.33. The van der Waals surface area contributed by atoms with E-state index in [2.05, 4.69) is 5.32 Å². The highest BCUT2D eigenvalue weighted by molar-refractivity contribution is 6.32. The summed E-state index contributed by atoms with van der Waals surface area (Å²) in [5.74, 6) is -0.512. The monoisotopic (exact) mass is 324 g/mol. The number of halogens is 1. The summed E-state index contributed by atoms with van der Waals surface area (Å²) in [6.45, 7) is 0.933. The highest BCUT2D eigenvalue weighted by Crippen LogP contribution is 2.35. The Morgan fingerprint density at radius 3 is 2.82 bits per heavy atom. The molecular formula is C15H17ClN2O4. The molecule has 1 aromatic carbocycles. The molecule has 6 nitrogen and oxygen atoms in total. The van der Waals surface area contributed by atoms with E-state index in [1.807, 2.05) is 6.07 Å². The quantitative estimate of drug-likeness (QED) is 0.455. The Morgan fingerprint density at radius 2 is 2.23 bits per heavy atom. The van der Waals surface area contributed by atoms with Gasteiger partial charge in [-0.25, -0.2) is 0 Å². The van der Waals surface area contributed by atoms with Crippen molar-refractivity contribution in [1.82, 2.24) is 5.32 Å². The summed E-state index contributed by atoms with van der Waals surface area (Å²) in [4.78, 5) is 11.9. The van der Waals surface area contributed by atoms with Crippen LogP contribution in [-0.2, 0) is 9.53 Å². The van der Waals surface area contributed by atoms with Crippen LogP contribution >= 0.6 is 11.6 Å². The average molecular weight is 325 g/mol. The molecule has 0 radical (unpaired) electrons. The van der Waals surface area contributed by atoms with Crippen molar-refractivity contribution in [3.8, 4) is 17.6 Å². The summed E-state index contributed by atoms with van der Waals surface area (Å²) in [6.07, 6.45) is 2.03. The van der Waals surface area contributed by atoms with E-state index in [0.29, 0.717) is 25.1 Å². The van der Waals surface area contributed by atoms with Gasteiger partial charge in [0.25, 0.3) is 5.91 Å². The van der Waals surface area contributed by atoms with E-state index in [-0.39, 0.29) is 22.1 Å². The molecule has 0 aliphatic rings. The van der Waals surface area contributed by atoms with Gasteiger partial charge in [-0.05, 0) is 30.2 Å². The number of aromatic hydroxyl groups is 1. The number of hydrogen-bond acceptors (Lipinski definition) is 5. The minimum Gasteiger partial charge on any atom is -0.503 e. The summed E-state index contributed by atoms with van der Waals surface area (Å²) >= 11 is 5.87. The number of phenolic OH excluding ortho intramolecular Hbond substituents is 1. The summed E-state index contributed by atoms with van der Waals surface area (Å²) in [5, 5.41) is 21.4. The molecule has 0 atom stereocenters. The van der Waals surface area contributed by atoms with Gasteiger partial charge in [-0.15, -0.1) is 0 Å². The molecule has 7 heteroatoms. The standard InChI is InChI=1S/C15H17ClN2O4/c1-21-5-3-4-18-15(20)11(9-17)6-10-7-12(16)14(19)13(8-10)22-2/h6-8,19H,3-5H2,1-2H3,(H,18,20)/b11-6+. The lowest BCUT2D eigenvalue weighted by Gasteiger charge is -2.07. The Morgan fingerprint density at radius 1 is 1.50 bits per heavy atom. The van der Waals surface area contributed by atoms with Gasteiger partial charge >= 0.3 is 0 Å². The maximum Gasteiger partial charge on any atom is 0.261 e. The summed E-state index contributed by atoms with van der Waals surface area (Å²) in [5.41, 5.74) is 0.407. The molecule has 118 valence electrons. The van der Waals surface area contributed by atoms with Gasteiger partial charge in [0.05, 0.1) is 12.1 Å². The fourth-order valence-corrected chi connectivity index (χ4v) is 1.88. The van der Waals surface area contributed by atoms with Crippen molar-refractivity contribution in [2.24, 2.45) is 0 Å². The lowest BCUT2D eigenvalue weighted by atomic mass is 10.1. The molecule has 1 amide bonds. The van der Waals surface area contributed by atoms with Gasteiger partial charge in [0, 0.05) is 20.3 Å². The minimum atomic E-state index is -0.484. The summed E-state index contributed by atoms with van der Waals surface area (Å²) < 4.78 is 9.85. The van der Waals surface area contributed by atoms with Crippen LogP contribution in [0.3, 0.4) is 0 Å². The largest absolute Gasteiger partial charge is 0.503 e. The van der Waals surface area contributed by atoms with Crippen molar-refractivity contribution in [3.05, 3.63) is 28.3 Å². The molecule has 0 heterocycles. The Kier molecular flexibility index (Phi) is 7.23. The Balaban J connectivity index is 2.91. The van der Waals surface area contributed by atoms with E-state index in [0.717, 1.165) is 0 Å². The first kappa shape index (κ1) is 17.8. The second-order valence-corrected chi connectivity index (χ2v) is 4.73. The third kappa shape index (κ3) is 4.95. The van der Waals surface area contributed by atoms with E-state index < -0.39 is 5.91 Å². The molecule has 0 aliphatic heterocycles. The number of nitrogens with one attached hydrogen (secondary N) is 1. The van der Waals surface area contributed by atoms with Crippen LogP contribution in [0.5, 0.6) is 11.5 Å². The van der Waals surface area contributed by atoms with Crippen LogP contribution in [0.1, 0.15) is 12.0 Å². The lowest BCUT2D eigenvalue weighted by molar-refractivity contribution is -0.117. The SMILES string of the molecule is COCCCNC(=O)/C(C#N)=C/c1cc(Cl)c(O)c(OC)c1. The number of benzene rings is 1. The normalized spacial score (nSPS) is 10.9. The van der Waals surface area contributed by atoms with Crippen molar-refractivity contribution in [3.63, 3.8) is 0 Å². The van der Waals surface area contributed by atoms with Gasteiger partial charge in [-0.2, -0.15) is 5.26 Å². The smallest absolute Gasteiger partial charge is 0.261 e. The number of nitrogens with zero attached hydrogens (tertiary/aromatic N) is 1. The first-order chi connectivity index (χ1) is 10.5. The highest BCUT2D eigenvalue weighted by Gasteiger charge is 2.11. The van der Waals surface area contributed by atoms with Crippen LogP contribution in [0.25, 0.3) is 6.08 Å². The van der Waals surface area contributed by atoms with Crippen LogP contribution in [0.15, 0.2) is 17.7 Å². The third-order valence-corrected chi connectivity index (χ3v) is 3.05. The number of carbonyl (C=O) groups excluding carboxylic acids is 1. The van der Waals surface area contributed by atoms with E-state index in [9.17, 15) is 9.90 Å². The van der Waals surface area contributed by atoms with Gasteiger partial charge < -0.3 is 19.9 Å². The maximum atomic E-state index is 11.9. The zero-order valence-corrected chi connectivity index (χ0v) is 13.1. The topological polar surface area (TPSA) is 91.6 Å². The van der Waals surface area contributed by atoms with E-state index in [4.69, 9.17) is 26.3 Å². The Hall–Kier alpha value is -2.23. The zero-order chi connectivity index (χ0) is 16.5. The number of carbonyl (C=O) groups is 1. The minimum absolute atomic E-state index is 0.0683. The highest BCUT2D eigenvalue weighted by atomic mass is 35.5. The predicted octanol–water partition coefficient (Wildman–Crippen LogP) is 2.11. The van der Waals surface area contributed by atoms with Gasteiger partial charge in [0.2, 0.25) is 0 Å². The van der Waals surface area contributed by atoms with E-state index in [1.54, 1.807) is 7.11 Å². The molecule has 0 unspecified atom stereocenters. The molecule has 0 aromatic heterocycles. The number of rotatable bonds is 7. The van der Waals surface area contributed by atoms with Gasteiger partial charge in [-0.3, -0.25) is 4.79 Å². The Bertz CT molecular complexity index is 608. The van der Waals surface area contributed by atoms with Gasteiger partial charge in [0.15, 0.2) is 11.5 Å². The molecule has 0 saturated carbocycles. The zero-order valence-electron chi connectivity index (χ0n) is 12.4. The fraction of sp³-hybridized carbons (Fsp3) is 0.333. The fourth-order valence-electron chi connectivity index (χ4n) is 1.66.